The number of unbranched alkanes of at least 4 members (excludes halogenated alkanes) is 23. The van der Waals surface area contributed by atoms with E-state index in [9.17, 15) is 29.7 Å². The van der Waals surface area contributed by atoms with Crippen molar-refractivity contribution < 1.29 is 39.2 Å². The summed E-state index contributed by atoms with van der Waals surface area (Å²) < 4.78 is 11.7. The van der Waals surface area contributed by atoms with E-state index in [1.807, 2.05) is 60.7 Å². The Morgan fingerprint density at radius 2 is 1.08 bits per heavy atom. The minimum Gasteiger partial charge on any atom is -0.445 e. The second kappa shape index (κ2) is 34.8. The van der Waals surface area contributed by atoms with E-state index in [0.29, 0.717) is 19.4 Å². The number of carbonyl (C=O) groups excluding carboxylic acids is 3. The summed E-state index contributed by atoms with van der Waals surface area (Å²) in [5, 5.41) is 38.5. The first-order valence-corrected chi connectivity index (χ1v) is 25.5. The number of amides is 3. The van der Waals surface area contributed by atoms with Crippen LogP contribution in [0.1, 0.15) is 192 Å². The van der Waals surface area contributed by atoms with Gasteiger partial charge in [0.05, 0.1) is 6.61 Å². The first-order valence-electron chi connectivity index (χ1n) is 25.5. The summed E-state index contributed by atoms with van der Waals surface area (Å²) in [6, 6.07) is 16.1. The maximum Gasteiger partial charge on any atom is 0.408 e. The molecule has 1 heterocycles. The van der Waals surface area contributed by atoms with Crippen molar-refractivity contribution in [2.75, 3.05) is 13.2 Å². The number of aliphatic hydroxyl groups excluding tert-OH is 3. The Morgan fingerprint density at radius 3 is 1.56 bits per heavy atom. The van der Waals surface area contributed by atoms with Crippen LogP contribution >= 0.6 is 0 Å². The van der Waals surface area contributed by atoms with Crippen LogP contribution in [-0.2, 0) is 32.1 Å². The number of rotatable bonds is 36. The molecule has 1 aliphatic heterocycles. The lowest BCUT2D eigenvalue weighted by Crippen LogP contribution is -2.70. The summed E-state index contributed by atoms with van der Waals surface area (Å²) in [7, 11) is 0. The summed E-state index contributed by atoms with van der Waals surface area (Å²) in [5.74, 6) is -0.792. The van der Waals surface area contributed by atoms with E-state index in [0.717, 1.165) is 49.7 Å². The van der Waals surface area contributed by atoms with Crippen molar-refractivity contribution in [2.24, 2.45) is 0 Å². The zero-order valence-electron chi connectivity index (χ0n) is 39.8. The van der Waals surface area contributed by atoms with Crippen molar-refractivity contribution in [3.8, 4) is 0 Å². The van der Waals surface area contributed by atoms with E-state index in [1.165, 1.54) is 109 Å². The molecule has 0 aliphatic carbocycles. The Labute approximate surface area is 386 Å². The molecule has 2 aromatic carbocycles. The summed E-state index contributed by atoms with van der Waals surface area (Å²) >= 11 is 0. The molecule has 1 fully saturated rings. The van der Waals surface area contributed by atoms with Crippen molar-refractivity contribution in [1.82, 2.24) is 15.5 Å². The molecule has 3 amide bonds. The predicted octanol–water partition coefficient (Wildman–Crippen LogP) is 10.5. The average molecular weight is 894 g/mol. The van der Waals surface area contributed by atoms with Crippen molar-refractivity contribution in [3.05, 3.63) is 71.8 Å². The average Bonchev–Trinajstić information content (AvgIpc) is 3.31. The molecule has 0 spiro atoms. The van der Waals surface area contributed by atoms with Gasteiger partial charge in [-0.3, -0.25) is 9.59 Å². The quantitative estimate of drug-likeness (QED) is 0.0423. The maximum atomic E-state index is 14.3. The highest BCUT2D eigenvalue weighted by atomic mass is 16.6. The third-order valence-corrected chi connectivity index (χ3v) is 12.7. The topological polar surface area (TPSA) is 158 Å². The molecule has 0 unspecified atom stereocenters. The normalized spacial score (nSPS) is 18.9. The standard InChI is InChI=1S/C53H87N3O8/c1-3-5-7-9-11-13-15-16-17-18-19-20-22-24-32-38-47(58)56(39-33-25-23-21-14-12-10-8-6-4-2)52-48(50(60)49(59)46(41-57)64-52)55-51(61)45(40-43-34-28-26-29-35-43)54-53(62)63-42-44-36-30-27-31-37-44/h26-31,34-37,45-46,48-50,52,57,59-60H,3-25,32-33,38-42H2,1-2H3,(H,54,62)(H,55,61)/t45-,46+,48+,49+,50+,52+/m0/s1. The van der Waals surface area contributed by atoms with Crippen LogP contribution in [0.25, 0.3) is 0 Å². The van der Waals surface area contributed by atoms with Crippen molar-refractivity contribution in [1.29, 1.82) is 0 Å². The molecule has 11 nitrogen and oxygen atoms in total. The lowest BCUT2D eigenvalue weighted by Gasteiger charge is -2.47. The van der Waals surface area contributed by atoms with E-state index < -0.39 is 55.2 Å². The predicted molar refractivity (Wildman–Crippen MR) is 256 cm³/mol. The lowest BCUT2D eigenvalue weighted by atomic mass is 9.94. The first-order chi connectivity index (χ1) is 31.3. The van der Waals surface area contributed by atoms with Gasteiger partial charge < -0.3 is 40.3 Å². The Morgan fingerprint density at radius 1 is 0.625 bits per heavy atom. The van der Waals surface area contributed by atoms with Gasteiger partial charge in [0, 0.05) is 19.4 Å². The van der Waals surface area contributed by atoms with Crippen LogP contribution in [0.5, 0.6) is 0 Å². The van der Waals surface area contributed by atoms with Gasteiger partial charge in [0.25, 0.3) is 0 Å². The molecule has 2 aromatic rings. The molecular weight excluding hydrogens is 807 g/mol. The van der Waals surface area contributed by atoms with Crippen LogP contribution in [0, 0.1) is 0 Å². The van der Waals surface area contributed by atoms with Gasteiger partial charge in [-0.25, -0.2) is 4.79 Å². The number of nitrogens with one attached hydrogen (secondary N) is 2. The van der Waals surface area contributed by atoms with Gasteiger partial charge in [0.2, 0.25) is 11.8 Å². The van der Waals surface area contributed by atoms with Crippen LogP contribution in [0.15, 0.2) is 60.7 Å². The first kappa shape index (κ1) is 54.8. The molecule has 6 atom stereocenters. The molecule has 0 radical (unpaired) electrons. The van der Waals surface area contributed by atoms with E-state index in [-0.39, 0.29) is 25.4 Å². The zero-order chi connectivity index (χ0) is 46.0. The SMILES string of the molecule is CCCCCCCCCCCCCCCCCC(=O)N(CCCCCCCCCCCC)[C@@H]1O[C@H](CO)[C@@H](O)[C@H](O)[C@H]1NC(=O)[C@H](Cc1ccccc1)NC(=O)OCc1ccccc1. The Balaban J connectivity index is 1.66. The van der Waals surface area contributed by atoms with Crippen LogP contribution in [0.3, 0.4) is 0 Å². The smallest absolute Gasteiger partial charge is 0.408 e. The van der Waals surface area contributed by atoms with Crippen LogP contribution in [0.2, 0.25) is 0 Å². The lowest BCUT2D eigenvalue weighted by molar-refractivity contribution is -0.231. The second-order valence-corrected chi connectivity index (χ2v) is 18.2. The van der Waals surface area contributed by atoms with Crippen molar-refractivity contribution in [2.45, 2.75) is 230 Å². The fraction of sp³-hybridized carbons (Fsp3) is 0.717. The molecule has 1 saturated heterocycles. The summed E-state index contributed by atoms with van der Waals surface area (Å²) in [6.07, 6.45) is 23.7. The number of aliphatic hydroxyl groups is 3. The highest BCUT2D eigenvalue weighted by molar-refractivity contribution is 5.86. The minimum absolute atomic E-state index is 0.00767. The van der Waals surface area contributed by atoms with Gasteiger partial charge in [0.15, 0.2) is 6.23 Å². The number of carbonyl (C=O) groups is 3. The number of hydrogen-bond acceptors (Lipinski definition) is 8. The van der Waals surface area contributed by atoms with Crippen LogP contribution in [0.4, 0.5) is 4.79 Å². The Bertz CT molecular complexity index is 1480. The van der Waals surface area contributed by atoms with Gasteiger partial charge in [-0.05, 0) is 24.0 Å². The van der Waals surface area contributed by atoms with Gasteiger partial charge in [0.1, 0.15) is 37.0 Å². The summed E-state index contributed by atoms with van der Waals surface area (Å²) in [6.45, 7) is 4.25. The van der Waals surface area contributed by atoms with E-state index >= 15 is 0 Å². The van der Waals surface area contributed by atoms with Crippen molar-refractivity contribution >= 4 is 17.9 Å². The number of nitrogens with zero attached hydrogens (tertiary/aromatic N) is 1. The molecule has 0 saturated carbocycles. The number of ether oxygens (including phenoxy) is 2. The molecule has 0 aromatic heterocycles. The van der Waals surface area contributed by atoms with Gasteiger partial charge in [-0.15, -0.1) is 0 Å². The largest absolute Gasteiger partial charge is 0.445 e. The molecular formula is C53H87N3O8. The maximum absolute atomic E-state index is 14.3. The monoisotopic (exact) mass is 894 g/mol. The van der Waals surface area contributed by atoms with E-state index in [4.69, 9.17) is 9.47 Å². The third-order valence-electron chi connectivity index (χ3n) is 12.7. The Kier molecular flexibility index (Phi) is 29.8. The molecule has 1 aliphatic rings. The Hall–Kier alpha value is -3.51. The fourth-order valence-electron chi connectivity index (χ4n) is 8.71. The van der Waals surface area contributed by atoms with E-state index in [1.54, 1.807) is 4.90 Å². The summed E-state index contributed by atoms with van der Waals surface area (Å²) in [4.78, 5) is 43.2. The van der Waals surface area contributed by atoms with E-state index in [2.05, 4.69) is 24.5 Å². The molecule has 3 rings (SSSR count). The minimum atomic E-state index is -1.57. The highest BCUT2D eigenvalue weighted by Gasteiger charge is 2.48. The van der Waals surface area contributed by atoms with Crippen LogP contribution in [-0.4, -0.2) is 87.9 Å². The van der Waals surface area contributed by atoms with Gasteiger partial charge in [-0.2, -0.15) is 0 Å². The number of benzene rings is 2. The number of alkyl carbamates (subject to hydrolysis) is 1. The molecule has 362 valence electrons. The van der Waals surface area contributed by atoms with Crippen molar-refractivity contribution in [3.63, 3.8) is 0 Å². The summed E-state index contributed by atoms with van der Waals surface area (Å²) in [5.41, 5.74) is 1.57. The third kappa shape index (κ3) is 22.6. The highest BCUT2D eigenvalue weighted by Crippen LogP contribution is 2.26. The number of hydrogen-bond donors (Lipinski definition) is 5. The van der Waals surface area contributed by atoms with Gasteiger partial charge in [-0.1, -0.05) is 222 Å². The van der Waals surface area contributed by atoms with Crippen LogP contribution < -0.4 is 10.6 Å². The molecule has 64 heavy (non-hydrogen) atoms. The zero-order valence-corrected chi connectivity index (χ0v) is 39.8. The fourth-order valence-corrected chi connectivity index (χ4v) is 8.71. The second-order valence-electron chi connectivity index (χ2n) is 18.2. The molecule has 0 bridgehead atoms. The molecule has 11 heteroatoms. The molecule has 5 N–H and O–H groups in total. The van der Waals surface area contributed by atoms with Gasteiger partial charge >= 0.3 is 6.09 Å².